The summed E-state index contributed by atoms with van der Waals surface area (Å²) in [5, 5.41) is 2.71. The number of benzene rings is 2. The number of carbonyl (C=O) groups excluding carboxylic acids is 3. The molecule has 3 rings (SSSR count). The highest BCUT2D eigenvalue weighted by Crippen LogP contribution is 2.25. The molecule has 6 nitrogen and oxygen atoms in total. The van der Waals surface area contributed by atoms with Gasteiger partial charge in [0.15, 0.2) is 0 Å². The van der Waals surface area contributed by atoms with Gasteiger partial charge < -0.3 is 11.1 Å². The van der Waals surface area contributed by atoms with E-state index in [1.165, 1.54) is 37.0 Å². The van der Waals surface area contributed by atoms with Crippen LogP contribution in [-0.4, -0.2) is 17.7 Å². The molecule has 0 heterocycles. The number of carbonyl (C=O) groups is 3. The van der Waals surface area contributed by atoms with Crippen LogP contribution < -0.4 is 16.0 Å². The quantitative estimate of drug-likeness (QED) is 0.633. The maximum Gasteiger partial charge on any atom is 0.323 e. The first-order chi connectivity index (χ1) is 13.4. The Labute approximate surface area is 164 Å². The van der Waals surface area contributed by atoms with Crippen molar-refractivity contribution in [1.82, 2.24) is 5.32 Å². The van der Waals surface area contributed by atoms with Crippen molar-refractivity contribution in [2.24, 2.45) is 0 Å². The standard InChI is InChI=1S/C22H25N3O3/c1-14(17-11-10-16-6-3-4-7-18(16)12-17)24-21(27)22(28)25(15(2)26)20-9-5-8-19(23)13-20/h5,8-14H,3-4,6-7,23H2,1-2H3,(H,24,27). The van der Waals surface area contributed by atoms with Gasteiger partial charge in [-0.1, -0.05) is 24.3 Å². The molecule has 0 aliphatic heterocycles. The van der Waals surface area contributed by atoms with Crippen molar-refractivity contribution >= 4 is 29.1 Å². The first kappa shape index (κ1) is 19.6. The molecule has 0 spiro atoms. The van der Waals surface area contributed by atoms with Crippen LogP contribution in [-0.2, 0) is 27.2 Å². The van der Waals surface area contributed by atoms with Gasteiger partial charge in [-0.3, -0.25) is 14.4 Å². The normalized spacial score (nSPS) is 13.9. The number of anilines is 2. The number of amides is 3. The monoisotopic (exact) mass is 379 g/mol. The Bertz CT molecular complexity index is 923. The lowest BCUT2D eigenvalue weighted by Crippen LogP contribution is -2.46. The molecular weight excluding hydrogens is 354 g/mol. The Hall–Kier alpha value is -3.15. The minimum absolute atomic E-state index is 0.272. The number of nitrogen functional groups attached to an aromatic ring is 1. The summed E-state index contributed by atoms with van der Waals surface area (Å²) in [6, 6.07) is 12.2. The smallest absolute Gasteiger partial charge is 0.323 e. The number of hydrogen-bond acceptors (Lipinski definition) is 4. The first-order valence-corrected chi connectivity index (χ1v) is 9.49. The van der Waals surface area contributed by atoms with Crippen molar-refractivity contribution in [2.45, 2.75) is 45.6 Å². The second-order valence-corrected chi connectivity index (χ2v) is 7.18. The number of nitrogens with zero attached hydrogens (tertiary/aromatic N) is 1. The van der Waals surface area contributed by atoms with E-state index in [1.54, 1.807) is 18.2 Å². The van der Waals surface area contributed by atoms with Crippen LogP contribution in [0, 0.1) is 0 Å². The molecule has 0 radical (unpaired) electrons. The predicted molar refractivity (Wildman–Crippen MR) is 109 cm³/mol. The van der Waals surface area contributed by atoms with Gasteiger partial charge in [-0.25, -0.2) is 4.90 Å². The average Bonchev–Trinajstić information content (AvgIpc) is 2.67. The summed E-state index contributed by atoms with van der Waals surface area (Å²) in [5.41, 5.74) is 10.0. The lowest BCUT2D eigenvalue weighted by molar-refractivity contribution is -0.139. The molecule has 1 atom stereocenters. The summed E-state index contributed by atoms with van der Waals surface area (Å²) in [5.74, 6) is -2.31. The lowest BCUT2D eigenvalue weighted by Gasteiger charge is -2.22. The molecule has 0 bridgehead atoms. The highest BCUT2D eigenvalue weighted by atomic mass is 16.2. The second kappa shape index (κ2) is 8.25. The van der Waals surface area contributed by atoms with E-state index >= 15 is 0 Å². The van der Waals surface area contributed by atoms with Gasteiger partial charge in [0.2, 0.25) is 5.91 Å². The Morgan fingerprint density at radius 1 is 1.04 bits per heavy atom. The minimum atomic E-state index is -0.928. The van der Waals surface area contributed by atoms with Crippen LogP contribution in [0.2, 0.25) is 0 Å². The summed E-state index contributed by atoms with van der Waals surface area (Å²) in [4.78, 5) is 38.0. The third kappa shape index (κ3) is 4.22. The predicted octanol–water partition coefficient (Wildman–Crippen LogP) is 2.90. The Kier molecular flexibility index (Phi) is 5.78. The van der Waals surface area contributed by atoms with Gasteiger partial charge in [0, 0.05) is 12.6 Å². The summed E-state index contributed by atoms with van der Waals surface area (Å²) in [7, 11) is 0. The molecule has 2 aromatic carbocycles. The van der Waals surface area contributed by atoms with Crippen molar-refractivity contribution in [3.05, 3.63) is 59.2 Å². The zero-order valence-electron chi connectivity index (χ0n) is 16.2. The molecule has 1 aliphatic carbocycles. The minimum Gasteiger partial charge on any atom is -0.399 e. The van der Waals surface area contributed by atoms with Crippen molar-refractivity contribution in [2.75, 3.05) is 10.6 Å². The van der Waals surface area contributed by atoms with Crippen molar-refractivity contribution in [3.8, 4) is 0 Å². The molecule has 146 valence electrons. The summed E-state index contributed by atoms with van der Waals surface area (Å²) in [6.45, 7) is 3.07. The van der Waals surface area contributed by atoms with Gasteiger partial charge in [0.1, 0.15) is 0 Å². The number of hydrogen-bond donors (Lipinski definition) is 2. The molecule has 0 saturated heterocycles. The highest BCUT2D eigenvalue weighted by molar-refractivity contribution is 6.45. The van der Waals surface area contributed by atoms with Crippen molar-refractivity contribution in [3.63, 3.8) is 0 Å². The van der Waals surface area contributed by atoms with Crippen LogP contribution in [0.3, 0.4) is 0 Å². The van der Waals surface area contributed by atoms with E-state index in [0.29, 0.717) is 5.69 Å². The van der Waals surface area contributed by atoms with Gasteiger partial charge >= 0.3 is 11.8 Å². The Balaban J connectivity index is 1.75. The van der Waals surface area contributed by atoms with Gasteiger partial charge in [0.05, 0.1) is 11.7 Å². The zero-order chi connectivity index (χ0) is 20.3. The Morgan fingerprint density at radius 2 is 1.75 bits per heavy atom. The maximum atomic E-state index is 12.6. The molecule has 6 heteroatoms. The largest absolute Gasteiger partial charge is 0.399 e. The number of nitrogens with one attached hydrogen (secondary N) is 1. The van der Waals surface area contributed by atoms with Crippen LogP contribution in [0.1, 0.15) is 49.4 Å². The van der Waals surface area contributed by atoms with E-state index in [9.17, 15) is 14.4 Å². The molecule has 2 aromatic rings. The first-order valence-electron chi connectivity index (χ1n) is 9.49. The highest BCUT2D eigenvalue weighted by Gasteiger charge is 2.28. The van der Waals surface area contributed by atoms with Crippen LogP contribution in [0.15, 0.2) is 42.5 Å². The molecule has 3 amide bonds. The number of fused-ring (bicyclic) bond motifs is 1. The van der Waals surface area contributed by atoms with E-state index < -0.39 is 17.7 Å². The van der Waals surface area contributed by atoms with E-state index in [4.69, 9.17) is 5.73 Å². The van der Waals surface area contributed by atoms with Gasteiger partial charge in [-0.15, -0.1) is 0 Å². The Morgan fingerprint density at radius 3 is 2.43 bits per heavy atom. The van der Waals surface area contributed by atoms with Gasteiger partial charge in [-0.05, 0) is 67.5 Å². The summed E-state index contributed by atoms with van der Waals surface area (Å²) in [6.07, 6.45) is 4.50. The number of imide groups is 1. The number of aryl methyl sites for hydroxylation is 2. The van der Waals surface area contributed by atoms with Crippen molar-refractivity contribution < 1.29 is 14.4 Å². The van der Waals surface area contributed by atoms with Crippen LogP contribution in [0.5, 0.6) is 0 Å². The van der Waals surface area contributed by atoms with Crippen LogP contribution >= 0.6 is 0 Å². The molecular formula is C22H25N3O3. The van der Waals surface area contributed by atoms with Gasteiger partial charge in [0.25, 0.3) is 0 Å². The molecule has 0 aromatic heterocycles. The average molecular weight is 379 g/mol. The van der Waals surface area contributed by atoms with Crippen molar-refractivity contribution in [1.29, 1.82) is 0 Å². The number of nitrogens with two attached hydrogens (primary N) is 1. The third-order valence-corrected chi connectivity index (χ3v) is 5.06. The van der Waals surface area contributed by atoms with Crippen LogP contribution in [0.25, 0.3) is 0 Å². The number of rotatable bonds is 3. The lowest BCUT2D eigenvalue weighted by atomic mass is 9.89. The summed E-state index contributed by atoms with van der Waals surface area (Å²) >= 11 is 0. The van der Waals surface area contributed by atoms with E-state index in [0.717, 1.165) is 23.3 Å². The second-order valence-electron chi connectivity index (χ2n) is 7.18. The van der Waals surface area contributed by atoms with E-state index in [2.05, 4.69) is 17.4 Å². The fourth-order valence-electron chi connectivity index (χ4n) is 3.57. The molecule has 1 unspecified atom stereocenters. The van der Waals surface area contributed by atoms with Crippen LogP contribution in [0.4, 0.5) is 11.4 Å². The summed E-state index contributed by atoms with van der Waals surface area (Å²) < 4.78 is 0. The molecule has 1 aliphatic rings. The van der Waals surface area contributed by atoms with Gasteiger partial charge in [-0.2, -0.15) is 0 Å². The topological polar surface area (TPSA) is 92.5 Å². The SMILES string of the molecule is CC(=O)N(C(=O)C(=O)NC(C)c1ccc2c(c1)CCCC2)c1cccc(N)c1. The third-order valence-electron chi connectivity index (χ3n) is 5.06. The fourth-order valence-corrected chi connectivity index (χ4v) is 3.57. The zero-order valence-corrected chi connectivity index (χ0v) is 16.2. The maximum absolute atomic E-state index is 12.6. The molecule has 3 N–H and O–H groups in total. The van der Waals surface area contributed by atoms with E-state index in [-0.39, 0.29) is 11.7 Å². The molecule has 28 heavy (non-hydrogen) atoms. The van der Waals surface area contributed by atoms with E-state index in [1.807, 2.05) is 13.0 Å². The molecule has 0 saturated carbocycles. The molecule has 0 fully saturated rings. The fraction of sp³-hybridized carbons (Fsp3) is 0.318.